The van der Waals surface area contributed by atoms with Crippen LogP contribution in [-0.2, 0) is 12.3 Å². The lowest BCUT2D eigenvalue weighted by Gasteiger charge is -2.11. The van der Waals surface area contributed by atoms with Gasteiger partial charge in [-0.25, -0.2) is 4.98 Å². The number of benzene rings is 2. The first-order valence-corrected chi connectivity index (χ1v) is 11.8. The van der Waals surface area contributed by atoms with Crippen molar-refractivity contribution in [3.8, 4) is 16.2 Å². The van der Waals surface area contributed by atoms with Crippen molar-refractivity contribution in [3.63, 3.8) is 0 Å². The minimum atomic E-state index is 0.0540. The summed E-state index contributed by atoms with van der Waals surface area (Å²) in [4.78, 5) is 19.2. The van der Waals surface area contributed by atoms with Gasteiger partial charge in [-0.15, -0.1) is 11.3 Å². The molecule has 4 aromatic rings. The molecule has 2 aromatic heterocycles. The molecule has 0 aliphatic rings. The van der Waals surface area contributed by atoms with E-state index in [2.05, 4.69) is 44.2 Å². The summed E-state index contributed by atoms with van der Waals surface area (Å²) in [6, 6.07) is 18.4. The van der Waals surface area contributed by atoms with E-state index in [1.165, 1.54) is 16.9 Å². The molecule has 0 aliphatic carbocycles. The fraction of sp³-hybridized carbons (Fsp3) is 0.250. The molecule has 0 radical (unpaired) electrons. The van der Waals surface area contributed by atoms with Gasteiger partial charge in [-0.05, 0) is 42.7 Å². The van der Waals surface area contributed by atoms with Crippen molar-refractivity contribution < 1.29 is 4.74 Å². The van der Waals surface area contributed by atoms with Crippen molar-refractivity contribution in [2.45, 2.75) is 37.7 Å². The maximum atomic E-state index is 13.2. The zero-order chi connectivity index (χ0) is 21.1. The van der Waals surface area contributed by atoms with Crippen molar-refractivity contribution in [1.82, 2.24) is 9.55 Å². The Morgan fingerprint density at radius 2 is 1.93 bits per heavy atom. The highest BCUT2D eigenvalue weighted by Crippen LogP contribution is 2.33. The molecular formula is C24H24N2O2S2. The summed E-state index contributed by atoms with van der Waals surface area (Å²) in [7, 11) is 1.67. The number of thiophene rings is 1. The standard InChI is InChI=1S/C24H24N2O2S2/c1-4-12-26-23(27)22-20(14-21(30-22)18-10-8-16(2)9-11-18)25-24(26)29-15-17-6-5-7-19(13-17)28-3/h5-11,13-14H,4,12,15H2,1-3H3. The number of ether oxygens (including phenoxy) is 1. The van der Waals surface area contributed by atoms with E-state index < -0.39 is 0 Å². The normalized spacial score (nSPS) is 11.2. The van der Waals surface area contributed by atoms with E-state index >= 15 is 0 Å². The number of methoxy groups -OCH3 is 1. The summed E-state index contributed by atoms with van der Waals surface area (Å²) in [5, 5.41) is 0.769. The Labute approximate surface area is 184 Å². The van der Waals surface area contributed by atoms with Crippen molar-refractivity contribution in [2.24, 2.45) is 0 Å². The van der Waals surface area contributed by atoms with Crippen LogP contribution in [0.2, 0.25) is 0 Å². The summed E-state index contributed by atoms with van der Waals surface area (Å²) in [5.74, 6) is 1.57. The zero-order valence-electron chi connectivity index (χ0n) is 17.3. The summed E-state index contributed by atoms with van der Waals surface area (Å²) < 4.78 is 7.87. The molecule has 0 saturated carbocycles. The molecule has 6 heteroatoms. The van der Waals surface area contributed by atoms with E-state index in [0.717, 1.165) is 49.3 Å². The number of nitrogens with zero attached hydrogens (tertiary/aromatic N) is 2. The Bertz CT molecular complexity index is 1230. The molecule has 0 spiro atoms. The van der Waals surface area contributed by atoms with Gasteiger partial charge in [0.05, 0.1) is 12.6 Å². The van der Waals surface area contributed by atoms with Crippen molar-refractivity contribution in [2.75, 3.05) is 7.11 Å². The molecule has 0 atom stereocenters. The van der Waals surface area contributed by atoms with Crippen molar-refractivity contribution in [1.29, 1.82) is 0 Å². The first kappa shape index (κ1) is 20.7. The molecule has 0 N–H and O–H groups in total. The van der Waals surface area contributed by atoms with Crippen LogP contribution in [0.4, 0.5) is 0 Å². The van der Waals surface area contributed by atoms with Crippen LogP contribution in [0, 0.1) is 6.92 Å². The summed E-state index contributed by atoms with van der Waals surface area (Å²) in [6.07, 6.45) is 0.885. The number of hydrogen-bond acceptors (Lipinski definition) is 5. The fourth-order valence-corrected chi connectivity index (χ4v) is 5.31. The van der Waals surface area contributed by atoms with Gasteiger partial charge in [0, 0.05) is 17.2 Å². The second kappa shape index (κ2) is 9.06. The lowest BCUT2D eigenvalue weighted by molar-refractivity contribution is 0.414. The highest BCUT2D eigenvalue weighted by atomic mass is 32.2. The van der Waals surface area contributed by atoms with Crippen LogP contribution in [0.1, 0.15) is 24.5 Å². The van der Waals surface area contributed by atoms with Gasteiger partial charge in [0.1, 0.15) is 10.4 Å². The first-order chi connectivity index (χ1) is 14.6. The lowest BCUT2D eigenvalue weighted by atomic mass is 10.1. The van der Waals surface area contributed by atoms with Crippen LogP contribution in [0.15, 0.2) is 64.5 Å². The topological polar surface area (TPSA) is 44.1 Å². The van der Waals surface area contributed by atoms with Crippen molar-refractivity contribution in [3.05, 3.63) is 76.1 Å². The third-order valence-electron chi connectivity index (χ3n) is 4.88. The van der Waals surface area contributed by atoms with Crippen LogP contribution >= 0.6 is 23.1 Å². The third kappa shape index (κ3) is 4.30. The first-order valence-electron chi connectivity index (χ1n) is 9.96. The Morgan fingerprint density at radius 1 is 1.13 bits per heavy atom. The van der Waals surface area contributed by atoms with Gasteiger partial charge in [0.2, 0.25) is 0 Å². The monoisotopic (exact) mass is 436 g/mol. The van der Waals surface area contributed by atoms with Crippen LogP contribution in [0.25, 0.3) is 20.7 Å². The molecule has 0 saturated heterocycles. The third-order valence-corrected chi connectivity index (χ3v) is 7.09. The quantitative estimate of drug-likeness (QED) is 0.258. The molecule has 154 valence electrons. The molecule has 30 heavy (non-hydrogen) atoms. The summed E-state index contributed by atoms with van der Waals surface area (Å²) in [6.45, 7) is 4.82. The minimum Gasteiger partial charge on any atom is -0.497 e. The van der Waals surface area contributed by atoms with E-state index in [1.807, 2.05) is 28.8 Å². The van der Waals surface area contributed by atoms with Gasteiger partial charge in [0.25, 0.3) is 5.56 Å². The molecule has 0 amide bonds. The molecule has 4 nitrogen and oxygen atoms in total. The predicted octanol–water partition coefficient (Wildman–Crippen LogP) is 6.14. The van der Waals surface area contributed by atoms with Crippen LogP contribution in [-0.4, -0.2) is 16.7 Å². The number of aryl methyl sites for hydroxylation is 1. The summed E-state index contributed by atoms with van der Waals surface area (Å²) in [5.41, 5.74) is 4.32. The van der Waals surface area contributed by atoms with E-state index in [0.29, 0.717) is 6.54 Å². The zero-order valence-corrected chi connectivity index (χ0v) is 19.0. The van der Waals surface area contributed by atoms with Gasteiger partial charge < -0.3 is 4.74 Å². The molecule has 2 aromatic carbocycles. The molecular weight excluding hydrogens is 412 g/mol. The fourth-order valence-electron chi connectivity index (χ4n) is 3.29. The number of aromatic nitrogens is 2. The molecule has 0 unspecified atom stereocenters. The number of fused-ring (bicyclic) bond motifs is 1. The van der Waals surface area contributed by atoms with Crippen LogP contribution < -0.4 is 10.3 Å². The molecule has 4 rings (SSSR count). The van der Waals surface area contributed by atoms with Crippen molar-refractivity contribution >= 4 is 33.3 Å². The second-order valence-electron chi connectivity index (χ2n) is 7.18. The predicted molar refractivity (Wildman–Crippen MR) is 127 cm³/mol. The Morgan fingerprint density at radius 3 is 2.67 bits per heavy atom. The number of thioether (sulfide) groups is 1. The second-order valence-corrected chi connectivity index (χ2v) is 9.18. The van der Waals surface area contributed by atoms with E-state index in [-0.39, 0.29) is 5.56 Å². The maximum absolute atomic E-state index is 13.2. The van der Waals surface area contributed by atoms with E-state index in [9.17, 15) is 4.79 Å². The summed E-state index contributed by atoms with van der Waals surface area (Å²) >= 11 is 3.13. The van der Waals surface area contributed by atoms with Gasteiger partial charge >= 0.3 is 0 Å². The van der Waals surface area contributed by atoms with Gasteiger partial charge in [-0.3, -0.25) is 9.36 Å². The molecule has 2 heterocycles. The van der Waals surface area contributed by atoms with Crippen LogP contribution in [0.5, 0.6) is 5.75 Å². The number of rotatable bonds is 7. The Balaban J connectivity index is 1.71. The molecule has 0 aliphatic heterocycles. The van der Waals surface area contributed by atoms with E-state index in [4.69, 9.17) is 9.72 Å². The SMILES string of the molecule is CCCn1c(SCc2cccc(OC)c2)nc2cc(-c3ccc(C)cc3)sc2c1=O. The smallest absolute Gasteiger partial charge is 0.272 e. The van der Waals surface area contributed by atoms with Gasteiger partial charge in [0.15, 0.2) is 5.16 Å². The maximum Gasteiger partial charge on any atom is 0.272 e. The highest BCUT2D eigenvalue weighted by molar-refractivity contribution is 7.98. The largest absolute Gasteiger partial charge is 0.497 e. The average Bonchev–Trinajstić information content (AvgIpc) is 3.19. The Kier molecular flexibility index (Phi) is 6.25. The Hall–Kier alpha value is -2.57. The lowest BCUT2D eigenvalue weighted by Crippen LogP contribution is -2.22. The average molecular weight is 437 g/mol. The molecule has 0 fully saturated rings. The van der Waals surface area contributed by atoms with E-state index in [1.54, 1.807) is 18.9 Å². The molecule has 0 bridgehead atoms. The number of hydrogen-bond donors (Lipinski definition) is 0. The van der Waals surface area contributed by atoms with Gasteiger partial charge in [-0.2, -0.15) is 0 Å². The van der Waals surface area contributed by atoms with Gasteiger partial charge in [-0.1, -0.05) is 60.6 Å². The highest BCUT2D eigenvalue weighted by Gasteiger charge is 2.15. The van der Waals surface area contributed by atoms with Crippen LogP contribution in [0.3, 0.4) is 0 Å². The minimum absolute atomic E-state index is 0.0540.